The minimum absolute atomic E-state index is 0.131. The molecule has 154 valence electrons. The second kappa shape index (κ2) is 7.94. The Morgan fingerprint density at radius 1 is 1.32 bits per heavy atom. The molecule has 0 aliphatic carbocycles. The molecule has 0 spiro atoms. The zero-order chi connectivity index (χ0) is 20.5. The summed E-state index contributed by atoms with van der Waals surface area (Å²) < 4.78 is 12.0. The van der Waals surface area contributed by atoms with Crippen LogP contribution in [-0.4, -0.2) is 76.3 Å². The number of hydrogen-bond donors (Lipinski definition) is 3. The van der Waals surface area contributed by atoms with Gasteiger partial charge in [-0.15, -0.1) is 0 Å². The maximum absolute atomic E-state index is 11.8. The monoisotopic (exact) mass is 392 g/mol. The van der Waals surface area contributed by atoms with Gasteiger partial charge in [0.2, 0.25) is 5.95 Å². The summed E-state index contributed by atoms with van der Waals surface area (Å²) in [6.07, 6.45) is 3.69. The zero-order valence-corrected chi connectivity index (χ0v) is 16.9. The summed E-state index contributed by atoms with van der Waals surface area (Å²) in [6, 6.07) is -0.131. The van der Waals surface area contributed by atoms with Crippen LogP contribution in [0, 0.1) is 0 Å². The Morgan fingerprint density at radius 2 is 1.93 bits per heavy atom. The van der Waals surface area contributed by atoms with Crippen molar-refractivity contribution in [2.75, 3.05) is 24.6 Å². The number of amides is 1. The molecule has 3 N–H and O–H groups in total. The number of piperidine rings is 1. The lowest BCUT2D eigenvalue weighted by atomic mass is 9.81. The molecule has 2 aliphatic rings. The fraction of sp³-hybridized carbons (Fsp3) is 0.722. The third-order valence-electron chi connectivity index (χ3n) is 5.71. The van der Waals surface area contributed by atoms with E-state index in [9.17, 15) is 9.90 Å². The van der Waals surface area contributed by atoms with Gasteiger partial charge >= 0.3 is 7.12 Å². The topological polar surface area (TPSA) is 117 Å². The molecule has 28 heavy (non-hydrogen) atoms. The van der Waals surface area contributed by atoms with E-state index in [1.165, 1.54) is 0 Å². The van der Waals surface area contributed by atoms with Crippen LogP contribution >= 0.6 is 0 Å². The molecule has 10 heteroatoms. The van der Waals surface area contributed by atoms with Crippen molar-refractivity contribution < 1.29 is 24.3 Å². The normalized spacial score (nSPS) is 24.9. The number of rotatable bonds is 5. The van der Waals surface area contributed by atoms with Gasteiger partial charge in [-0.1, -0.05) is 0 Å². The molecule has 2 fully saturated rings. The van der Waals surface area contributed by atoms with E-state index < -0.39 is 36.9 Å². The van der Waals surface area contributed by atoms with E-state index in [0.717, 1.165) is 24.8 Å². The molecule has 1 aromatic heterocycles. The van der Waals surface area contributed by atoms with Crippen LogP contribution in [0.4, 0.5) is 5.95 Å². The number of aromatic nitrogens is 2. The van der Waals surface area contributed by atoms with Crippen LogP contribution in [0.25, 0.3) is 0 Å². The molecule has 2 saturated heterocycles. The second-order valence-corrected chi connectivity index (χ2v) is 8.40. The summed E-state index contributed by atoms with van der Waals surface area (Å²) >= 11 is 0. The van der Waals surface area contributed by atoms with Crippen molar-refractivity contribution in [3.63, 3.8) is 0 Å². The minimum atomic E-state index is -1.40. The first-order chi connectivity index (χ1) is 13.1. The Labute approximate surface area is 165 Å². The van der Waals surface area contributed by atoms with Gasteiger partial charge in [-0.05, 0) is 40.5 Å². The lowest BCUT2D eigenvalue weighted by Gasteiger charge is -2.33. The van der Waals surface area contributed by atoms with Gasteiger partial charge in [0, 0.05) is 37.0 Å². The molecule has 1 aromatic rings. The Morgan fingerprint density at radius 3 is 2.50 bits per heavy atom. The van der Waals surface area contributed by atoms with Gasteiger partial charge in [-0.3, -0.25) is 4.79 Å². The van der Waals surface area contributed by atoms with E-state index in [2.05, 4.69) is 15.3 Å². The van der Waals surface area contributed by atoms with Gasteiger partial charge in [0.05, 0.1) is 17.8 Å². The number of aliphatic hydroxyl groups is 2. The number of nitrogens with zero attached hydrogens (tertiary/aromatic N) is 3. The van der Waals surface area contributed by atoms with Gasteiger partial charge in [-0.2, -0.15) is 0 Å². The van der Waals surface area contributed by atoms with Gasteiger partial charge in [-0.25, -0.2) is 9.97 Å². The largest absolute Gasteiger partial charge is 0.498 e. The highest BCUT2D eigenvalue weighted by Crippen LogP contribution is 2.36. The van der Waals surface area contributed by atoms with Crippen molar-refractivity contribution in [2.45, 2.75) is 63.9 Å². The smallest absolute Gasteiger partial charge is 0.399 e. The number of carbonyl (C=O) groups excluding carboxylic acids is 1. The van der Waals surface area contributed by atoms with E-state index in [0.29, 0.717) is 12.5 Å². The van der Waals surface area contributed by atoms with Gasteiger partial charge < -0.3 is 29.7 Å². The Balaban J connectivity index is 1.63. The van der Waals surface area contributed by atoms with E-state index in [4.69, 9.17) is 14.4 Å². The van der Waals surface area contributed by atoms with Crippen molar-refractivity contribution >= 4 is 24.4 Å². The maximum atomic E-state index is 11.8. The van der Waals surface area contributed by atoms with Crippen molar-refractivity contribution in [3.8, 4) is 0 Å². The highest BCUT2D eigenvalue weighted by molar-refractivity contribution is 6.61. The Kier molecular flexibility index (Phi) is 5.95. The summed E-state index contributed by atoms with van der Waals surface area (Å²) in [5.74, 6) is 0.00768. The van der Waals surface area contributed by atoms with Crippen molar-refractivity contribution in [2.24, 2.45) is 0 Å². The fourth-order valence-corrected chi connectivity index (χ4v) is 3.25. The van der Waals surface area contributed by atoms with Gasteiger partial charge in [0.1, 0.15) is 0 Å². The highest BCUT2D eigenvalue weighted by atomic mass is 16.7. The first kappa shape index (κ1) is 21.0. The van der Waals surface area contributed by atoms with Crippen LogP contribution in [0.1, 0.15) is 40.5 Å². The minimum Gasteiger partial charge on any atom is -0.399 e. The van der Waals surface area contributed by atoms with E-state index in [1.54, 1.807) is 12.4 Å². The zero-order valence-electron chi connectivity index (χ0n) is 16.9. The predicted molar refractivity (Wildman–Crippen MR) is 104 cm³/mol. The summed E-state index contributed by atoms with van der Waals surface area (Å²) in [4.78, 5) is 22.7. The fourth-order valence-electron chi connectivity index (χ4n) is 3.25. The molecule has 2 aliphatic heterocycles. The van der Waals surface area contributed by atoms with E-state index >= 15 is 0 Å². The molecule has 3 rings (SSSR count). The number of carbonyl (C=O) groups is 1. The molecule has 0 saturated carbocycles. The number of anilines is 1. The molecule has 0 unspecified atom stereocenters. The Hall–Kier alpha value is -1.75. The summed E-state index contributed by atoms with van der Waals surface area (Å²) in [5, 5.41) is 21.1. The van der Waals surface area contributed by atoms with E-state index in [1.807, 2.05) is 32.6 Å². The lowest BCUT2D eigenvalue weighted by molar-refractivity contribution is -0.131. The lowest BCUT2D eigenvalue weighted by Crippen LogP contribution is -2.51. The van der Waals surface area contributed by atoms with Gasteiger partial charge in [0.15, 0.2) is 6.10 Å². The first-order valence-corrected chi connectivity index (χ1v) is 9.65. The molecular formula is C18H29BN4O5. The third-order valence-corrected chi connectivity index (χ3v) is 5.71. The molecule has 3 heterocycles. The summed E-state index contributed by atoms with van der Waals surface area (Å²) in [7, 11) is -0.507. The van der Waals surface area contributed by atoms with Crippen molar-refractivity contribution in [3.05, 3.63) is 12.4 Å². The predicted octanol–water partition coefficient (Wildman–Crippen LogP) is -0.786. The second-order valence-electron chi connectivity index (χ2n) is 8.40. The average Bonchev–Trinajstić information content (AvgIpc) is 2.88. The molecule has 1 amide bonds. The van der Waals surface area contributed by atoms with Crippen molar-refractivity contribution in [1.29, 1.82) is 0 Å². The molecular weight excluding hydrogens is 363 g/mol. The SMILES string of the molecule is CC1(C)OB(c2cnc(N3CCC[C@@H](NC(=O)[C@@H](O)CO)C3)nc2)OC1(C)C. The average molecular weight is 392 g/mol. The van der Waals surface area contributed by atoms with Crippen LogP contribution in [0.5, 0.6) is 0 Å². The van der Waals surface area contributed by atoms with Crippen LogP contribution in [0.2, 0.25) is 0 Å². The third kappa shape index (κ3) is 4.30. The van der Waals surface area contributed by atoms with Crippen LogP contribution < -0.4 is 15.7 Å². The van der Waals surface area contributed by atoms with Crippen LogP contribution in [-0.2, 0) is 14.1 Å². The summed E-state index contributed by atoms with van der Waals surface area (Å²) in [5.41, 5.74) is -0.0861. The number of nitrogens with one attached hydrogen (secondary N) is 1. The number of hydrogen-bond acceptors (Lipinski definition) is 8. The quantitative estimate of drug-likeness (QED) is 0.559. The first-order valence-electron chi connectivity index (χ1n) is 9.65. The summed E-state index contributed by atoms with van der Waals surface area (Å²) in [6.45, 7) is 8.72. The van der Waals surface area contributed by atoms with Crippen molar-refractivity contribution in [1.82, 2.24) is 15.3 Å². The number of aliphatic hydroxyl groups excluding tert-OH is 2. The highest BCUT2D eigenvalue weighted by Gasteiger charge is 2.52. The maximum Gasteiger partial charge on any atom is 0.498 e. The molecule has 0 radical (unpaired) electrons. The molecule has 0 bridgehead atoms. The molecule has 0 aromatic carbocycles. The van der Waals surface area contributed by atoms with Gasteiger partial charge in [0.25, 0.3) is 5.91 Å². The van der Waals surface area contributed by atoms with Crippen LogP contribution in [0.3, 0.4) is 0 Å². The molecule has 2 atom stereocenters. The van der Waals surface area contributed by atoms with E-state index in [-0.39, 0.29) is 6.04 Å². The van der Waals surface area contributed by atoms with Crippen LogP contribution in [0.15, 0.2) is 12.4 Å². The standard InChI is InChI=1S/C18H29BN4O5/c1-17(2)18(3,4)28-19(27-17)12-8-20-16(21-9-12)23-7-5-6-13(10-23)22-15(26)14(25)11-24/h8-9,13-14,24-25H,5-7,10-11H2,1-4H3,(H,22,26)/t13-,14+/m1/s1. The Bertz CT molecular complexity index is 684. The molecule has 9 nitrogen and oxygen atoms in total.